The molecule has 1 unspecified atom stereocenters. The summed E-state index contributed by atoms with van der Waals surface area (Å²) in [6.07, 6.45) is 9.40. The fourth-order valence-corrected chi connectivity index (χ4v) is 1.47. The summed E-state index contributed by atoms with van der Waals surface area (Å²) in [5.41, 5.74) is 1.32. The summed E-state index contributed by atoms with van der Waals surface area (Å²) in [6.45, 7) is 4.47. The molecule has 13 heavy (non-hydrogen) atoms. The van der Waals surface area contributed by atoms with Crippen molar-refractivity contribution in [1.82, 2.24) is 0 Å². The molecule has 0 aromatic rings. The van der Waals surface area contributed by atoms with Gasteiger partial charge in [0, 0.05) is 12.4 Å². The van der Waals surface area contributed by atoms with Crippen molar-refractivity contribution in [3.63, 3.8) is 0 Å². The summed E-state index contributed by atoms with van der Waals surface area (Å²) >= 11 is 1.82. The molecule has 1 N–H and O–H groups in total. The summed E-state index contributed by atoms with van der Waals surface area (Å²) in [6, 6.07) is 0. The Balaban J connectivity index is 4.03. The third kappa shape index (κ3) is 5.94. The Morgan fingerprint density at radius 2 is 2.23 bits per heavy atom. The smallest absolute Gasteiger partial charge is 0.0436 e. The average Bonchev–Trinajstić information content (AvgIpc) is 2.13. The summed E-state index contributed by atoms with van der Waals surface area (Å²) in [5.74, 6) is 1.52. The lowest BCUT2D eigenvalue weighted by molar-refractivity contribution is 0.272. The van der Waals surface area contributed by atoms with Crippen LogP contribution < -0.4 is 0 Å². The van der Waals surface area contributed by atoms with Crippen molar-refractivity contribution in [3.8, 4) is 0 Å². The molecule has 0 rings (SSSR count). The van der Waals surface area contributed by atoms with Crippen LogP contribution in [0.15, 0.2) is 23.8 Å². The number of rotatable bonds is 6. The van der Waals surface area contributed by atoms with Gasteiger partial charge >= 0.3 is 0 Å². The Hall–Kier alpha value is -0.210. The SMILES string of the molecule is C/C=C(\C=C/CSC)C(C)CCO. The summed E-state index contributed by atoms with van der Waals surface area (Å²) < 4.78 is 0. The van der Waals surface area contributed by atoms with Gasteiger partial charge in [0.2, 0.25) is 0 Å². The van der Waals surface area contributed by atoms with Crippen molar-refractivity contribution in [2.45, 2.75) is 20.3 Å². The first kappa shape index (κ1) is 12.8. The molecule has 0 aliphatic rings. The van der Waals surface area contributed by atoms with Crippen LogP contribution in [-0.4, -0.2) is 23.7 Å². The van der Waals surface area contributed by atoms with Crippen LogP contribution in [0.4, 0.5) is 0 Å². The van der Waals surface area contributed by atoms with E-state index in [1.165, 1.54) is 5.57 Å². The summed E-state index contributed by atoms with van der Waals surface area (Å²) in [5, 5.41) is 8.80. The van der Waals surface area contributed by atoms with Crippen LogP contribution in [0.1, 0.15) is 20.3 Å². The van der Waals surface area contributed by atoms with Gasteiger partial charge in [0.05, 0.1) is 0 Å². The fourth-order valence-electron chi connectivity index (χ4n) is 1.19. The Morgan fingerprint density at radius 3 is 2.69 bits per heavy atom. The van der Waals surface area contributed by atoms with Crippen LogP contribution in [0.5, 0.6) is 0 Å². The van der Waals surface area contributed by atoms with E-state index < -0.39 is 0 Å². The van der Waals surface area contributed by atoms with Gasteiger partial charge < -0.3 is 5.11 Å². The molecule has 0 heterocycles. The molecule has 0 radical (unpaired) electrons. The molecule has 0 fully saturated rings. The second-order valence-corrected chi connectivity index (χ2v) is 3.97. The molecular formula is C11H20OS. The van der Waals surface area contributed by atoms with Crippen LogP contribution >= 0.6 is 11.8 Å². The first-order valence-corrected chi connectivity index (χ1v) is 6.08. The lowest BCUT2D eigenvalue weighted by Crippen LogP contribution is -2.00. The fraction of sp³-hybridized carbons (Fsp3) is 0.636. The van der Waals surface area contributed by atoms with E-state index in [9.17, 15) is 0 Å². The second kappa shape index (κ2) is 8.39. The quantitative estimate of drug-likeness (QED) is 0.665. The Labute approximate surface area is 85.9 Å². The van der Waals surface area contributed by atoms with E-state index in [1.54, 1.807) is 0 Å². The van der Waals surface area contributed by atoms with Gasteiger partial charge in [-0.25, -0.2) is 0 Å². The normalized spacial score (nSPS) is 15.2. The van der Waals surface area contributed by atoms with Gasteiger partial charge in [-0.05, 0) is 31.1 Å². The Bertz CT molecular complexity index is 173. The van der Waals surface area contributed by atoms with Gasteiger partial charge in [-0.1, -0.05) is 25.2 Å². The summed E-state index contributed by atoms with van der Waals surface area (Å²) in [7, 11) is 0. The maximum absolute atomic E-state index is 8.80. The third-order valence-corrected chi connectivity index (χ3v) is 2.56. The van der Waals surface area contributed by atoms with Crippen LogP contribution in [-0.2, 0) is 0 Å². The van der Waals surface area contributed by atoms with Gasteiger partial charge in [0.25, 0.3) is 0 Å². The number of aliphatic hydroxyl groups excluding tert-OH is 1. The molecule has 0 amide bonds. The molecule has 76 valence electrons. The average molecular weight is 200 g/mol. The van der Waals surface area contributed by atoms with Crippen LogP contribution in [0.3, 0.4) is 0 Å². The second-order valence-electron chi connectivity index (χ2n) is 3.06. The molecule has 0 aromatic carbocycles. The largest absolute Gasteiger partial charge is 0.396 e. The van der Waals surface area contributed by atoms with Gasteiger partial charge in [0.1, 0.15) is 0 Å². The highest BCUT2D eigenvalue weighted by Crippen LogP contribution is 2.15. The van der Waals surface area contributed by atoms with Gasteiger partial charge in [-0.2, -0.15) is 11.8 Å². The molecule has 2 heteroatoms. The zero-order chi connectivity index (χ0) is 10.1. The van der Waals surface area contributed by atoms with Crippen LogP contribution in [0.2, 0.25) is 0 Å². The number of hydrogen-bond acceptors (Lipinski definition) is 2. The lowest BCUT2D eigenvalue weighted by atomic mass is 9.97. The minimum atomic E-state index is 0.273. The molecule has 1 nitrogen and oxygen atoms in total. The highest BCUT2D eigenvalue weighted by Gasteiger charge is 2.03. The first-order valence-electron chi connectivity index (χ1n) is 4.68. The zero-order valence-electron chi connectivity index (χ0n) is 8.79. The van der Waals surface area contributed by atoms with Crippen molar-refractivity contribution >= 4 is 11.8 Å². The molecular weight excluding hydrogens is 180 g/mol. The van der Waals surface area contributed by atoms with E-state index in [-0.39, 0.29) is 6.61 Å². The maximum Gasteiger partial charge on any atom is 0.0436 e. The number of thioether (sulfide) groups is 1. The molecule has 0 saturated heterocycles. The molecule has 0 aromatic heterocycles. The van der Waals surface area contributed by atoms with Crippen molar-refractivity contribution in [1.29, 1.82) is 0 Å². The Morgan fingerprint density at radius 1 is 1.54 bits per heavy atom. The molecule has 0 aliphatic carbocycles. The third-order valence-electron chi connectivity index (χ3n) is 2.04. The van der Waals surface area contributed by atoms with Gasteiger partial charge in [0.15, 0.2) is 0 Å². The molecule has 0 bridgehead atoms. The van der Waals surface area contributed by atoms with Gasteiger partial charge in [-0.15, -0.1) is 0 Å². The monoisotopic (exact) mass is 200 g/mol. The van der Waals surface area contributed by atoms with E-state index in [4.69, 9.17) is 5.11 Å². The zero-order valence-corrected chi connectivity index (χ0v) is 9.60. The number of allylic oxidation sites excluding steroid dienone is 3. The first-order chi connectivity index (χ1) is 6.26. The standard InChI is InChI=1S/C11H20OS/c1-4-11(6-5-9-13-3)10(2)7-8-12/h4-6,10,12H,7-9H2,1-3H3/b6-5-,11-4+. The van der Waals surface area contributed by atoms with Crippen molar-refractivity contribution in [3.05, 3.63) is 23.8 Å². The van der Waals surface area contributed by atoms with E-state index in [1.807, 2.05) is 18.7 Å². The highest BCUT2D eigenvalue weighted by molar-refractivity contribution is 7.98. The van der Waals surface area contributed by atoms with Crippen LogP contribution in [0.25, 0.3) is 0 Å². The molecule has 0 aliphatic heterocycles. The van der Waals surface area contributed by atoms with Gasteiger partial charge in [-0.3, -0.25) is 0 Å². The van der Waals surface area contributed by atoms with Crippen molar-refractivity contribution in [2.75, 3.05) is 18.6 Å². The van der Waals surface area contributed by atoms with Crippen molar-refractivity contribution < 1.29 is 5.11 Å². The van der Waals surface area contributed by atoms with E-state index >= 15 is 0 Å². The summed E-state index contributed by atoms with van der Waals surface area (Å²) in [4.78, 5) is 0. The molecule has 0 saturated carbocycles. The minimum Gasteiger partial charge on any atom is -0.396 e. The van der Waals surface area contributed by atoms with Crippen LogP contribution in [0, 0.1) is 5.92 Å². The predicted molar refractivity (Wildman–Crippen MR) is 62.1 cm³/mol. The van der Waals surface area contributed by atoms with E-state index in [2.05, 4.69) is 31.4 Å². The Kier molecular flexibility index (Phi) is 8.26. The van der Waals surface area contributed by atoms with Crippen molar-refractivity contribution in [2.24, 2.45) is 5.92 Å². The number of hydrogen-bond donors (Lipinski definition) is 1. The van der Waals surface area contributed by atoms with E-state index in [0.717, 1.165) is 12.2 Å². The molecule has 1 atom stereocenters. The predicted octanol–water partition coefficient (Wildman–Crippen LogP) is 2.87. The maximum atomic E-state index is 8.80. The topological polar surface area (TPSA) is 20.2 Å². The highest BCUT2D eigenvalue weighted by atomic mass is 32.2. The minimum absolute atomic E-state index is 0.273. The number of aliphatic hydroxyl groups is 1. The molecule has 0 spiro atoms. The van der Waals surface area contributed by atoms with E-state index in [0.29, 0.717) is 5.92 Å². The lowest BCUT2D eigenvalue weighted by Gasteiger charge is -2.10.